The first kappa shape index (κ1) is 88.3. The van der Waals surface area contributed by atoms with Gasteiger partial charge in [0.05, 0.1) is 22.3 Å². The standard InChI is InChI=1S/C105H114N4O14/c1-59(2)96(116)122-72-46-34-66(35-47-72)106-82(110)54-108-92(112)74-50-78(118-68-38-26-62(27-39-68)102(18,19)55-98(6,7)8)85-87-80(120-70-42-30-64(31-43-70)104(22,23)57-100(12,13)14)52-76-84-77(95(115)109(94(76)114)61(5)91(111)107-67-36-48-73(49-37-67)123-97(117)60(3)4)53-81(121-71-44-32-65(33-45-71)105(24,25)58-101(15,16)17)88(90(84)87)86-79(51-75(93(108)113)83(74)89(85)86)119-69-40-28-63(29-41-69)103(20,21)56-99(9,10)11/h26-53,61H,1,3,54-58H2,2,4-25H3,(H,106,110)(H,107,111). The van der Waals surface area contributed by atoms with Crippen LogP contribution >= 0.6 is 0 Å². The van der Waals surface area contributed by atoms with Gasteiger partial charge in [-0.2, -0.15) is 0 Å². The topological polar surface area (TPSA) is 222 Å². The second-order valence-corrected chi connectivity index (χ2v) is 41.0. The molecule has 0 aliphatic carbocycles. The van der Waals surface area contributed by atoms with Gasteiger partial charge in [-0.1, -0.05) is 200 Å². The van der Waals surface area contributed by atoms with Gasteiger partial charge in [-0.15, -0.1) is 0 Å². The molecule has 0 fully saturated rings. The fraction of sp³-hybridized carbons (Fsp3) is 0.352. The summed E-state index contributed by atoms with van der Waals surface area (Å²) in [5, 5.41) is 7.55. The van der Waals surface area contributed by atoms with E-state index in [2.05, 4.69) is 162 Å². The first-order valence-corrected chi connectivity index (χ1v) is 42.0. The summed E-state index contributed by atoms with van der Waals surface area (Å²) in [6, 6.07) is 48.0. The van der Waals surface area contributed by atoms with Crippen LogP contribution < -0.4 is 39.1 Å². The lowest BCUT2D eigenvalue weighted by molar-refractivity contribution is -0.130. The molecule has 2 aliphatic rings. The summed E-state index contributed by atoms with van der Waals surface area (Å²) in [7, 11) is 0. The number of nitrogens with zero attached hydrogens (tertiary/aromatic N) is 2. The Morgan fingerprint density at radius 2 is 0.577 bits per heavy atom. The minimum atomic E-state index is -1.50. The summed E-state index contributed by atoms with van der Waals surface area (Å²) in [6.45, 7) is 55.1. The van der Waals surface area contributed by atoms with E-state index in [4.69, 9.17) is 28.4 Å². The fourth-order valence-corrected chi connectivity index (χ4v) is 18.8. The molecule has 0 aromatic heterocycles. The van der Waals surface area contributed by atoms with Crippen molar-refractivity contribution in [3.05, 3.63) is 239 Å². The molecule has 0 radical (unpaired) electrons. The number of benzene rings is 11. The van der Waals surface area contributed by atoms with E-state index in [0.29, 0.717) is 23.0 Å². The zero-order chi connectivity index (χ0) is 89.7. The summed E-state index contributed by atoms with van der Waals surface area (Å²) >= 11 is 0. The van der Waals surface area contributed by atoms with Gasteiger partial charge in [0.1, 0.15) is 70.1 Å². The van der Waals surface area contributed by atoms with Crippen LogP contribution in [0.1, 0.15) is 249 Å². The largest absolute Gasteiger partial charge is 0.457 e. The molecule has 11 aromatic carbocycles. The molecule has 18 heteroatoms. The third kappa shape index (κ3) is 18.8. The number of carbonyl (C=O) groups excluding carboxylic acids is 8. The molecule has 0 bridgehead atoms. The third-order valence-corrected chi connectivity index (χ3v) is 22.8. The van der Waals surface area contributed by atoms with Crippen molar-refractivity contribution in [2.45, 2.75) is 213 Å². The molecule has 0 spiro atoms. The van der Waals surface area contributed by atoms with Gasteiger partial charge in [0.15, 0.2) is 0 Å². The molecule has 2 heterocycles. The fourth-order valence-electron chi connectivity index (χ4n) is 18.8. The van der Waals surface area contributed by atoms with Crippen LogP contribution in [0.3, 0.4) is 0 Å². The number of nitrogens with one attached hydrogen (secondary N) is 2. The molecule has 18 nitrogen and oxygen atoms in total. The van der Waals surface area contributed by atoms with Crippen molar-refractivity contribution in [1.82, 2.24) is 9.80 Å². The minimum absolute atomic E-state index is 0.0349. The van der Waals surface area contributed by atoms with Gasteiger partial charge in [-0.05, 0) is 233 Å². The monoisotopic (exact) mass is 1650 g/mol. The normalized spacial score (nSPS) is 13.8. The zero-order valence-electron chi connectivity index (χ0n) is 75.3. The molecule has 0 saturated carbocycles. The molecule has 1 atom stereocenters. The Hall–Kier alpha value is -12.4. The number of esters is 2. The number of rotatable bonds is 26. The summed E-state index contributed by atoms with van der Waals surface area (Å²) in [5.41, 5.74) is 3.49. The Balaban J connectivity index is 1.14. The van der Waals surface area contributed by atoms with Crippen LogP contribution in [0.5, 0.6) is 57.5 Å². The van der Waals surface area contributed by atoms with Gasteiger partial charge in [0, 0.05) is 65.6 Å². The maximum Gasteiger partial charge on any atom is 0.338 e. The van der Waals surface area contributed by atoms with E-state index < -0.39 is 60.0 Å². The van der Waals surface area contributed by atoms with E-state index >= 15 is 24.0 Å². The van der Waals surface area contributed by atoms with Crippen molar-refractivity contribution in [3.63, 3.8) is 0 Å². The minimum Gasteiger partial charge on any atom is -0.457 e. The Kier molecular flexibility index (Phi) is 23.3. The Labute approximate surface area is 722 Å². The first-order valence-electron chi connectivity index (χ1n) is 42.0. The van der Waals surface area contributed by atoms with Crippen molar-refractivity contribution in [3.8, 4) is 57.5 Å². The number of amides is 6. The number of hydrogen-bond acceptors (Lipinski definition) is 14. The molecule has 13 rings (SSSR count). The number of fused-ring (bicyclic) bond motifs is 2. The molecule has 2 N–H and O–H groups in total. The van der Waals surface area contributed by atoms with Gasteiger partial charge in [0.25, 0.3) is 23.6 Å². The maximum absolute atomic E-state index is 16.5. The van der Waals surface area contributed by atoms with E-state index in [-0.39, 0.29) is 166 Å². The quantitative estimate of drug-likeness (QED) is 0.0129. The zero-order valence-corrected chi connectivity index (χ0v) is 75.3. The SMILES string of the molecule is C=C(C)C(=O)Oc1ccc(NC(=O)CN2C(=O)c3cc(Oc4ccc(C(C)(C)CC(C)(C)C)cc4)c4c5c(Oc6ccc(C(C)(C)CC(C)(C)C)cc6)cc6c7c(cc(Oc8ccc(C(C)(C)CC(C)(C)C)cc8)c(c8c(Oc9ccc(C(C)(C)CC(C)(C)C)cc9)cc(c3c48)C2=O)c75)C(=O)N(C(C)C(=O)Nc2ccc(OC(=O)C(=C)C)cc2)C6=O)cc1. The summed E-state index contributed by atoms with van der Waals surface area (Å²) in [6.07, 6.45) is 3.34. The van der Waals surface area contributed by atoms with Crippen molar-refractivity contribution in [2.24, 2.45) is 21.7 Å². The lowest BCUT2D eigenvalue weighted by Crippen LogP contribution is -2.50. The maximum atomic E-state index is 16.5. The Morgan fingerprint density at radius 1 is 0.333 bits per heavy atom. The predicted octanol–water partition coefficient (Wildman–Crippen LogP) is 25.6. The van der Waals surface area contributed by atoms with Crippen molar-refractivity contribution >= 4 is 102 Å². The number of hydrogen-bond donors (Lipinski definition) is 2. The third-order valence-electron chi connectivity index (χ3n) is 22.8. The summed E-state index contributed by atoms with van der Waals surface area (Å²) in [5.74, 6) is -4.18. The van der Waals surface area contributed by atoms with Crippen molar-refractivity contribution in [2.75, 3.05) is 17.2 Å². The molecule has 123 heavy (non-hydrogen) atoms. The van der Waals surface area contributed by atoms with Crippen molar-refractivity contribution < 1.29 is 66.8 Å². The van der Waals surface area contributed by atoms with E-state index in [1.54, 1.807) is 24.3 Å². The van der Waals surface area contributed by atoms with E-state index in [1.165, 1.54) is 69.3 Å². The van der Waals surface area contributed by atoms with Crippen LogP contribution in [0.4, 0.5) is 11.4 Å². The highest BCUT2D eigenvalue weighted by Crippen LogP contribution is 2.59. The van der Waals surface area contributed by atoms with Gasteiger partial charge >= 0.3 is 11.9 Å². The van der Waals surface area contributed by atoms with Crippen LogP contribution in [0.15, 0.2) is 194 Å². The highest BCUT2D eigenvalue weighted by molar-refractivity contribution is 6.45. The van der Waals surface area contributed by atoms with Crippen LogP contribution in [-0.2, 0) is 40.8 Å². The van der Waals surface area contributed by atoms with Crippen LogP contribution in [0, 0.1) is 21.7 Å². The number of anilines is 2. The van der Waals surface area contributed by atoms with Crippen LogP contribution in [0.25, 0.3) is 43.1 Å². The van der Waals surface area contributed by atoms with Crippen LogP contribution in [-0.4, -0.2) is 69.8 Å². The average molecular weight is 1660 g/mol. The summed E-state index contributed by atoms with van der Waals surface area (Å²) in [4.78, 5) is 122. The smallest absolute Gasteiger partial charge is 0.338 e. The molecular weight excluding hydrogens is 1540 g/mol. The van der Waals surface area contributed by atoms with Gasteiger partial charge in [-0.3, -0.25) is 38.6 Å². The van der Waals surface area contributed by atoms with E-state index in [1.807, 2.05) is 97.1 Å². The lowest BCUT2D eigenvalue weighted by Gasteiger charge is -2.34. The molecule has 2 aliphatic heterocycles. The van der Waals surface area contributed by atoms with Crippen LogP contribution in [0.2, 0.25) is 0 Å². The number of imide groups is 2. The average Bonchev–Trinajstić information content (AvgIpc) is 0.669. The predicted molar refractivity (Wildman–Crippen MR) is 488 cm³/mol. The highest BCUT2D eigenvalue weighted by atomic mass is 16.5. The van der Waals surface area contributed by atoms with Crippen molar-refractivity contribution in [1.29, 1.82) is 0 Å². The molecular formula is C105H114N4O14. The van der Waals surface area contributed by atoms with E-state index in [0.717, 1.165) is 57.7 Å². The molecule has 0 saturated heterocycles. The number of carbonyl (C=O) groups is 8. The van der Waals surface area contributed by atoms with Gasteiger partial charge in [0.2, 0.25) is 11.8 Å². The van der Waals surface area contributed by atoms with Gasteiger partial charge in [-0.25, -0.2) is 9.59 Å². The Bertz CT molecular complexity index is 5830. The lowest BCUT2D eigenvalue weighted by atomic mass is 9.72. The Morgan fingerprint density at radius 3 is 0.829 bits per heavy atom. The van der Waals surface area contributed by atoms with Gasteiger partial charge < -0.3 is 39.1 Å². The molecule has 638 valence electrons. The molecule has 6 amide bonds. The number of ether oxygens (including phenoxy) is 6. The second kappa shape index (κ2) is 32.4. The highest BCUT2D eigenvalue weighted by Gasteiger charge is 2.45. The van der Waals surface area contributed by atoms with E-state index in [9.17, 15) is 14.4 Å². The molecule has 1 unspecified atom stereocenters. The summed E-state index contributed by atoms with van der Waals surface area (Å²) < 4.78 is 40.7. The second-order valence-electron chi connectivity index (χ2n) is 41.0. The molecule has 11 aromatic rings. The first-order chi connectivity index (χ1) is 57.2.